The van der Waals surface area contributed by atoms with Crippen LogP contribution in [0.1, 0.15) is 10.4 Å². The number of nitrogens with zero attached hydrogens (tertiary/aromatic N) is 1. The molecule has 7 nitrogen and oxygen atoms in total. The number of ether oxygens (including phenoxy) is 3. The van der Waals surface area contributed by atoms with Gasteiger partial charge in [0.25, 0.3) is 5.91 Å². The van der Waals surface area contributed by atoms with Crippen molar-refractivity contribution in [1.29, 1.82) is 0 Å². The van der Waals surface area contributed by atoms with Gasteiger partial charge in [0, 0.05) is 6.54 Å². The first-order valence-electron chi connectivity index (χ1n) is 6.69. The summed E-state index contributed by atoms with van der Waals surface area (Å²) in [5.41, 5.74) is 0.387. The van der Waals surface area contributed by atoms with Gasteiger partial charge in [0.15, 0.2) is 17.6 Å². The second-order valence-electron chi connectivity index (χ2n) is 4.78. The quantitative estimate of drug-likeness (QED) is 0.848. The lowest BCUT2D eigenvalue weighted by Crippen LogP contribution is -2.48. The van der Waals surface area contributed by atoms with Crippen LogP contribution >= 0.6 is 0 Å². The van der Waals surface area contributed by atoms with E-state index in [1.54, 1.807) is 18.2 Å². The standard InChI is InChI=1S/C14H15NO6/c16-13(15-4-5-19-11(8-15)14(17)18)9-2-1-3-10-12(9)21-7-6-20-10/h1-3,11H,4-8H2,(H,17,18). The van der Waals surface area contributed by atoms with Gasteiger partial charge in [0.1, 0.15) is 13.2 Å². The number of amides is 1. The van der Waals surface area contributed by atoms with E-state index in [2.05, 4.69) is 0 Å². The molecule has 0 aliphatic carbocycles. The van der Waals surface area contributed by atoms with E-state index in [-0.39, 0.29) is 19.1 Å². The van der Waals surface area contributed by atoms with Crippen LogP contribution in [-0.2, 0) is 9.53 Å². The topological polar surface area (TPSA) is 85.3 Å². The van der Waals surface area contributed by atoms with Crippen LogP contribution in [0.3, 0.4) is 0 Å². The Balaban J connectivity index is 1.83. The van der Waals surface area contributed by atoms with Crippen LogP contribution in [0.25, 0.3) is 0 Å². The number of benzene rings is 1. The smallest absolute Gasteiger partial charge is 0.334 e. The van der Waals surface area contributed by atoms with Gasteiger partial charge in [-0.2, -0.15) is 0 Å². The first-order valence-corrected chi connectivity index (χ1v) is 6.69. The van der Waals surface area contributed by atoms with Crippen LogP contribution in [-0.4, -0.2) is 60.9 Å². The molecule has 112 valence electrons. The van der Waals surface area contributed by atoms with E-state index < -0.39 is 12.1 Å². The van der Waals surface area contributed by atoms with Crippen molar-refractivity contribution < 1.29 is 28.9 Å². The van der Waals surface area contributed by atoms with Gasteiger partial charge in [-0.25, -0.2) is 4.79 Å². The molecule has 1 amide bonds. The number of hydrogen-bond acceptors (Lipinski definition) is 5. The van der Waals surface area contributed by atoms with E-state index in [9.17, 15) is 9.59 Å². The monoisotopic (exact) mass is 293 g/mol. The molecule has 0 bridgehead atoms. The van der Waals surface area contributed by atoms with Gasteiger partial charge in [-0.3, -0.25) is 4.79 Å². The van der Waals surface area contributed by atoms with Crippen LogP contribution < -0.4 is 9.47 Å². The van der Waals surface area contributed by atoms with Gasteiger partial charge in [-0.05, 0) is 12.1 Å². The van der Waals surface area contributed by atoms with Crippen molar-refractivity contribution in [2.75, 3.05) is 32.9 Å². The van der Waals surface area contributed by atoms with Crippen LogP contribution in [0.15, 0.2) is 18.2 Å². The van der Waals surface area contributed by atoms with Gasteiger partial charge >= 0.3 is 5.97 Å². The summed E-state index contributed by atoms with van der Waals surface area (Å²) in [5.74, 6) is -0.378. The molecule has 2 aliphatic rings. The highest BCUT2D eigenvalue weighted by molar-refractivity contribution is 5.98. The number of carboxylic acids is 1. The van der Waals surface area contributed by atoms with Crippen molar-refractivity contribution in [3.8, 4) is 11.5 Å². The molecule has 0 aromatic heterocycles. The van der Waals surface area contributed by atoms with E-state index in [1.807, 2.05) is 0 Å². The van der Waals surface area contributed by atoms with Crippen LogP contribution in [0.2, 0.25) is 0 Å². The van der Waals surface area contributed by atoms with Gasteiger partial charge in [0.2, 0.25) is 0 Å². The predicted octanol–water partition coefficient (Wildman–Crippen LogP) is 0.383. The number of fused-ring (bicyclic) bond motifs is 1. The molecule has 2 heterocycles. The Morgan fingerprint density at radius 1 is 1.19 bits per heavy atom. The SMILES string of the molecule is O=C(O)C1CN(C(=O)c2cccc3c2OCCO3)CCO1. The zero-order chi connectivity index (χ0) is 14.8. The molecule has 2 aliphatic heterocycles. The third kappa shape index (κ3) is 2.64. The minimum Gasteiger partial charge on any atom is -0.486 e. The zero-order valence-corrected chi connectivity index (χ0v) is 11.3. The highest BCUT2D eigenvalue weighted by Gasteiger charge is 2.31. The Morgan fingerprint density at radius 3 is 2.81 bits per heavy atom. The average molecular weight is 293 g/mol. The second-order valence-corrected chi connectivity index (χ2v) is 4.78. The lowest BCUT2D eigenvalue weighted by molar-refractivity contribution is -0.154. The summed E-state index contributed by atoms with van der Waals surface area (Å²) >= 11 is 0. The van der Waals surface area contributed by atoms with Crippen LogP contribution in [0.4, 0.5) is 0 Å². The summed E-state index contributed by atoms with van der Waals surface area (Å²) < 4.78 is 16.1. The maximum absolute atomic E-state index is 12.6. The lowest BCUT2D eigenvalue weighted by Gasteiger charge is -2.31. The van der Waals surface area contributed by atoms with Crippen molar-refractivity contribution in [2.24, 2.45) is 0 Å². The molecule has 3 rings (SSSR count). The molecular weight excluding hydrogens is 278 g/mol. The van der Waals surface area contributed by atoms with Gasteiger partial charge < -0.3 is 24.2 Å². The van der Waals surface area contributed by atoms with Crippen LogP contribution in [0, 0.1) is 0 Å². The van der Waals surface area contributed by atoms with Crippen molar-refractivity contribution in [3.05, 3.63) is 23.8 Å². The molecule has 1 fully saturated rings. The Kier molecular flexibility index (Phi) is 3.66. The Labute approximate surface area is 121 Å². The number of rotatable bonds is 2. The summed E-state index contributed by atoms with van der Waals surface area (Å²) in [6.45, 7) is 1.42. The van der Waals surface area contributed by atoms with E-state index in [0.29, 0.717) is 36.8 Å². The number of hydrogen-bond donors (Lipinski definition) is 1. The third-order valence-electron chi connectivity index (χ3n) is 3.43. The largest absolute Gasteiger partial charge is 0.486 e. The van der Waals surface area contributed by atoms with Crippen molar-refractivity contribution in [3.63, 3.8) is 0 Å². The van der Waals surface area contributed by atoms with Gasteiger partial charge in [-0.1, -0.05) is 6.07 Å². The molecule has 1 N–H and O–H groups in total. The summed E-state index contributed by atoms with van der Waals surface area (Å²) in [6.07, 6.45) is -0.987. The minimum absolute atomic E-state index is 0.0265. The first kappa shape index (κ1) is 13.7. The van der Waals surface area contributed by atoms with E-state index >= 15 is 0 Å². The Morgan fingerprint density at radius 2 is 2.00 bits per heavy atom. The van der Waals surface area contributed by atoms with E-state index in [4.69, 9.17) is 19.3 Å². The molecule has 1 aromatic rings. The first-order chi connectivity index (χ1) is 10.2. The van der Waals surface area contributed by atoms with Crippen molar-refractivity contribution in [2.45, 2.75) is 6.10 Å². The molecule has 1 atom stereocenters. The summed E-state index contributed by atoms with van der Waals surface area (Å²) in [4.78, 5) is 25.0. The third-order valence-corrected chi connectivity index (χ3v) is 3.43. The highest BCUT2D eigenvalue weighted by atomic mass is 16.6. The molecule has 1 unspecified atom stereocenters. The molecular formula is C14H15NO6. The number of aliphatic carboxylic acids is 1. The summed E-state index contributed by atoms with van der Waals surface area (Å²) in [6, 6.07) is 5.11. The molecule has 0 spiro atoms. The van der Waals surface area contributed by atoms with Gasteiger partial charge in [0.05, 0.1) is 18.7 Å². The predicted molar refractivity (Wildman–Crippen MR) is 70.7 cm³/mol. The number of carbonyl (C=O) groups is 2. The normalized spacial score (nSPS) is 21.0. The lowest BCUT2D eigenvalue weighted by atomic mass is 10.1. The van der Waals surface area contributed by atoms with Crippen LogP contribution in [0.5, 0.6) is 11.5 Å². The fourth-order valence-corrected chi connectivity index (χ4v) is 2.40. The fraction of sp³-hybridized carbons (Fsp3) is 0.429. The van der Waals surface area contributed by atoms with E-state index in [0.717, 1.165) is 0 Å². The fourth-order valence-electron chi connectivity index (χ4n) is 2.40. The molecule has 21 heavy (non-hydrogen) atoms. The molecule has 7 heteroatoms. The number of morpholine rings is 1. The Bertz CT molecular complexity index is 573. The number of para-hydroxylation sites is 1. The molecule has 1 saturated heterocycles. The minimum atomic E-state index is -1.07. The molecule has 1 aromatic carbocycles. The average Bonchev–Trinajstić information content (AvgIpc) is 2.53. The van der Waals surface area contributed by atoms with E-state index in [1.165, 1.54) is 4.90 Å². The number of carbonyl (C=O) groups excluding carboxylic acids is 1. The van der Waals surface area contributed by atoms with Crippen molar-refractivity contribution in [1.82, 2.24) is 4.90 Å². The van der Waals surface area contributed by atoms with Gasteiger partial charge in [-0.15, -0.1) is 0 Å². The highest BCUT2D eigenvalue weighted by Crippen LogP contribution is 2.34. The Hall–Kier alpha value is -2.28. The second kappa shape index (κ2) is 5.61. The maximum Gasteiger partial charge on any atom is 0.334 e. The van der Waals surface area contributed by atoms with Crippen molar-refractivity contribution >= 4 is 11.9 Å². The molecule has 0 radical (unpaired) electrons. The molecule has 0 saturated carbocycles. The maximum atomic E-state index is 12.6. The summed E-state index contributed by atoms with van der Waals surface area (Å²) in [7, 11) is 0. The number of carboxylic acid groups (broad SMARTS) is 1. The zero-order valence-electron chi connectivity index (χ0n) is 11.3. The summed E-state index contributed by atoms with van der Waals surface area (Å²) in [5, 5.41) is 8.99.